The number of hydrogen-bond donors (Lipinski definition) is 1. The summed E-state index contributed by atoms with van der Waals surface area (Å²) in [5, 5.41) is 10.3. The Bertz CT molecular complexity index is 435. The van der Waals surface area contributed by atoms with E-state index >= 15 is 0 Å². The van der Waals surface area contributed by atoms with Crippen molar-refractivity contribution in [2.45, 2.75) is 25.6 Å². The van der Waals surface area contributed by atoms with Gasteiger partial charge in [0, 0.05) is 18.5 Å². The van der Waals surface area contributed by atoms with Gasteiger partial charge in [-0.25, -0.2) is 0 Å². The van der Waals surface area contributed by atoms with Crippen molar-refractivity contribution in [3.8, 4) is 0 Å². The number of aliphatic hydroxyl groups excluding tert-OH is 1. The summed E-state index contributed by atoms with van der Waals surface area (Å²) in [6.07, 6.45) is -5.75. The van der Waals surface area contributed by atoms with Crippen LogP contribution in [-0.4, -0.2) is 36.3 Å². The molecule has 1 aliphatic heterocycles. The molecule has 1 aromatic rings. The Labute approximate surface area is 110 Å². The van der Waals surface area contributed by atoms with Crippen LogP contribution < -0.4 is 0 Å². The van der Waals surface area contributed by atoms with Gasteiger partial charge in [0.2, 0.25) is 0 Å². The van der Waals surface area contributed by atoms with E-state index < -0.39 is 18.7 Å². The van der Waals surface area contributed by atoms with Gasteiger partial charge in [0.05, 0.1) is 12.5 Å². The van der Waals surface area contributed by atoms with E-state index in [0.29, 0.717) is 5.56 Å². The van der Waals surface area contributed by atoms with Crippen molar-refractivity contribution in [2.24, 2.45) is 5.41 Å². The molecule has 1 heterocycles. The maximum absolute atomic E-state index is 12.2. The Morgan fingerprint density at radius 2 is 1.79 bits per heavy atom. The summed E-state index contributed by atoms with van der Waals surface area (Å²) in [6, 6.07) is 6.07. The zero-order chi connectivity index (χ0) is 14.3. The number of rotatable bonds is 3. The second-order valence-electron chi connectivity index (χ2n) is 5.76. The lowest BCUT2D eigenvalue weighted by Crippen LogP contribution is -2.55. The van der Waals surface area contributed by atoms with Crippen molar-refractivity contribution < 1.29 is 18.3 Å². The lowest BCUT2D eigenvalue weighted by molar-refractivity contribution is -0.127. The van der Waals surface area contributed by atoms with Gasteiger partial charge in [0.15, 0.2) is 0 Å². The Kier molecular flexibility index (Phi) is 3.62. The van der Waals surface area contributed by atoms with E-state index in [9.17, 15) is 18.3 Å². The molecule has 2 nitrogen and oxygen atoms in total. The van der Waals surface area contributed by atoms with Crippen LogP contribution in [0.15, 0.2) is 24.3 Å². The number of likely N-dealkylation sites (tertiary alicyclic amines) is 1. The van der Waals surface area contributed by atoms with Gasteiger partial charge in [-0.1, -0.05) is 31.2 Å². The molecule has 1 aromatic carbocycles. The summed E-state index contributed by atoms with van der Waals surface area (Å²) in [4.78, 5) is 2.10. The van der Waals surface area contributed by atoms with Crippen LogP contribution in [0.25, 0.3) is 0 Å². The predicted molar refractivity (Wildman–Crippen MR) is 66.8 cm³/mol. The second kappa shape index (κ2) is 4.80. The van der Waals surface area contributed by atoms with Crippen LogP contribution in [0.2, 0.25) is 0 Å². The van der Waals surface area contributed by atoms with Crippen molar-refractivity contribution in [1.29, 1.82) is 0 Å². The van der Waals surface area contributed by atoms with Crippen LogP contribution >= 0.6 is 0 Å². The molecule has 1 saturated heterocycles. The number of halogens is 3. The molecule has 19 heavy (non-hydrogen) atoms. The lowest BCUT2D eigenvalue weighted by atomic mass is 9.74. The van der Waals surface area contributed by atoms with Crippen molar-refractivity contribution in [3.05, 3.63) is 35.4 Å². The van der Waals surface area contributed by atoms with Crippen LogP contribution in [0.3, 0.4) is 0 Å². The van der Waals surface area contributed by atoms with Gasteiger partial charge < -0.3 is 10.0 Å². The molecule has 1 aliphatic rings. The molecule has 5 heteroatoms. The Morgan fingerprint density at radius 3 is 2.21 bits per heavy atom. The first-order valence-electron chi connectivity index (χ1n) is 6.22. The predicted octanol–water partition coefficient (Wildman–Crippen LogP) is 2.78. The molecular weight excluding hydrogens is 255 g/mol. The Hall–Kier alpha value is -1.07. The van der Waals surface area contributed by atoms with E-state index in [1.54, 1.807) is 12.1 Å². The Morgan fingerprint density at radius 1 is 1.26 bits per heavy atom. The van der Waals surface area contributed by atoms with Crippen LogP contribution in [0.5, 0.6) is 0 Å². The summed E-state index contributed by atoms with van der Waals surface area (Å²) in [6.45, 7) is 3.57. The molecule has 1 unspecified atom stereocenters. The lowest BCUT2D eigenvalue weighted by Gasteiger charge is -2.49. The highest BCUT2D eigenvalue weighted by Gasteiger charge is 2.43. The van der Waals surface area contributed by atoms with Crippen LogP contribution in [0.1, 0.15) is 24.2 Å². The molecule has 0 amide bonds. The summed E-state index contributed by atoms with van der Waals surface area (Å²) in [7, 11) is 1.97. The Balaban J connectivity index is 2.06. The van der Waals surface area contributed by atoms with Gasteiger partial charge in [-0.2, -0.15) is 13.2 Å². The average Bonchev–Trinajstić information content (AvgIpc) is 2.25. The molecule has 1 atom stereocenters. The van der Waals surface area contributed by atoms with Gasteiger partial charge in [0.25, 0.3) is 0 Å². The van der Waals surface area contributed by atoms with Gasteiger partial charge >= 0.3 is 6.18 Å². The molecule has 2 rings (SSSR count). The standard InChI is InChI=1S/C14H18F3NO/c1-13(8-18(2)9-13)12(19)11-5-3-10(4-6-11)7-14(15,16)17/h3-6,12,19H,7-9H2,1-2H3. The first-order chi connectivity index (χ1) is 8.70. The summed E-state index contributed by atoms with van der Waals surface area (Å²) in [5.41, 5.74) is 0.696. The summed E-state index contributed by atoms with van der Waals surface area (Å²) < 4.78 is 36.7. The highest BCUT2D eigenvalue weighted by atomic mass is 19.4. The fraction of sp³-hybridized carbons (Fsp3) is 0.571. The van der Waals surface area contributed by atoms with Crippen molar-refractivity contribution in [3.63, 3.8) is 0 Å². The molecule has 0 aromatic heterocycles. The quantitative estimate of drug-likeness (QED) is 0.915. The second-order valence-corrected chi connectivity index (χ2v) is 5.76. The van der Waals surface area contributed by atoms with E-state index in [-0.39, 0.29) is 11.0 Å². The third-order valence-electron chi connectivity index (χ3n) is 3.62. The van der Waals surface area contributed by atoms with Crippen molar-refractivity contribution in [1.82, 2.24) is 4.90 Å². The zero-order valence-corrected chi connectivity index (χ0v) is 11.0. The van der Waals surface area contributed by atoms with E-state index in [4.69, 9.17) is 0 Å². The fourth-order valence-electron chi connectivity index (χ4n) is 2.81. The van der Waals surface area contributed by atoms with E-state index in [2.05, 4.69) is 4.90 Å². The minimum absolute atomic E-state index is 0.208. The van der Waals surface area contributed by atoms with Gasteiger partial charge in [-0.15, -0.1) is 0 Å². The van der Waals surface area contributed by atoms with Crippen LogP contribution in [0.4, 0.5) is 13.2 Å². The molecule has 0 radical (unpaired) electrons. The molecule has 1 N–H and O–H groups in total. The minimum Gasteiger partial charge on any atom is -0.388 e. The third-order valence-corrected chi connectivity index (χ3v) is 3.62. The normalized spacial score (nSPS) is 20.9. The monoisotopic (exact) mass is 273 g/mol. The first-order valence-corrected chi connectivity index (χ1v) is 6.22. The SMILES string of the molecule is CN1CC(C)(C(O)c2ccc(CC(F)(F)F)cc2)C1. The zero-order valence-electron chi connectivity index (χ0n) is 11.0. The topological polar surface area (TPSA) is 23.5 Å². The number of benzene rings is 1. The maximum atomic E-state index is 12.2. The molecule has 0 aliphatic carbocycles. The number of alkyl halides is 3. The minimum atomic E-state index is -4.19. The number of aliphatic hydroxyl groups is 1. The highest BCUT2D eigenvalue weighted by Crippen LogP contribution is 2.41. The molecule has 1 fully saturated rings. The summed E-state index contributed by atoms with van der Waals surface area (Å²) >= 11 is 0. The third kappa shape index (κ3) is 3.28. The van der Waals surface area contributed by atoms with E-state index in [1.165, 1.54) is 12.1 Å². The van der Waals surface area contributed by atoms with Gasteiger partial charge in [0.1, 0.15) is 0 Å². The molecule has 106 valence electrons. The highest BCUT2D eigenvalue weighted by molar-refractivity contribution is 5.26. The fourth-order valence-corrected chi connectivity index (χ4v) is 2.81. The average molecular weight is 273 g/mol. The smallest absolute Gasteiger partial charge is 0.388 e. The molecule has 0 saturated carbocycles. The molecular formula is C14H18F3NO. The molecule has 0 spiro atoms. The van der Waals surface area contributed by atoms with Crippen LogP contribution in [-0.2, 0) is 6.42 Å². The number of hydrogen-bond acceptors (Lipinski definition) is 2. The van der Waals surface area contributed by atoms with E-state index in [1.807, 2.05) is 14.0 Å². The van der Waals surface area contributed by atoms with Gasteiger partial charge in [-0.05, 0) is 18.2 Å². The maximum Gasteiger partial charge on any atom is 0.393 e. The van der Waals surface area contributed by atoms with Crippen molar-refractivity contribution >= 4 is 0 Å². The molecule has 0 bridgehead atoms. The first kappa shape index (κ1) is 14.3. The van der Waals surface area contributed by atoms with Gasteiger partial charge in [-0.3, -0.25) is 0 Å². The summed E-state index contributed by atoms with van der Waals surface area (Å²) in [5.74, 6) is 0. The largest absolute Gasteiger partial charge is 0.393 e. The number of nitrogens with zero attached hydrogens (tertiary/aromatic N) is 1. The van der Waals surface area contributed by atoms with E-state index in [0.717, 1.165) is 13.1 Å². The van der Waals surface area contributed by atoms with Crippen LogP contribution in [0, 0.1) is 5.41 Å². The van der Waals surface area contributed by atoms with Crippen molar-refractivity contribution in [2.75, 3.05) is 20.1 Å².